The minimum Gasteiger partial charge on any atom is -0.465 e. The molecule has 1 amide bonds. The summed E-state index contributed by atoms with van der Waals surface area (Å²) in [5.74, 6) is -1.36. The molecule has 0 aliphatic carbocycles. The number of hydrogen-bond donors (Lipinski definition) is 1. The smallest absolute Gasteiger partial charge is 0.348 e. The van der Waals surface area contributed by atoms with Crippen LogP contribution in [0.1, 0.15) is 50.1 Å². The van der Waals surface area contributed by atoms with Gasteiger partial charge in [0, 0.05) is 6.42 Å². The average Bonchev–Trinajstić information content (AvgIpc) is 2.96. The molecule has 7 heteroatoms. The molecule has 2 aromatic rings. The van der Waals surface area contributed by atoms with E-state index >= 15 is 0 Å². The van der Waals surface area contributed by atoms with Crippen LogP contribution >= 0.6 is 11.3 Å². The van der Waals surface area contributed by atoms with Gasteiger partial charge in [-0.1, -0.05) is 29.8 Å². The summed E-state index contributed by atoms with van der Waals surface area (Å²) in [6.45, 7) is 5.53. The van der Waals surface area contributed by atoms with Crippen LogP contribution in [-0.4, -0.2) is 31.6 Å². The highest BCUT2D eigenvalue weighted by molar-refractivity contribution is 7.18. The Labute approximate surface area is 162 Å². The summed E-state index contributed by atoms with van der Waals surface area (Å²) in [6, 6.07) is 7.96. The molecule has 0 unspecified atom stereocenters. The maximum atomic E-state index is 12.4. The van der Waals surface area contributed by atoms with Crippen LogP contribution in [0.15, 0.2) is 24.3 Å². The first-order valence-electron chi connectivity index (χ1n) is 8.61. The van der Waals surface area contributed by atoms with E-state index in [4.69, 9.17) is 9.47 Å². The van der Waals surface area contributed by atoms with Crippen molar-refractivity contribution in [3.63, 3.8) is 0 Å². The number of carbonyl (C=O) groups excluding carboxylic acids is 3. The topological polar surface area (TPSA) is 81.7 Å². The first kappa shape index (κ1) is 20.6. The molecule has 1 aromatic carbocycles. The second kappa shape index (κ2) is 9.32. The van der Waals surface area contributed by atoms with Gasteiger partial charge in [-0.3, -0.25) is 4.79 Å². The molecule has 2 rings (SSSR count). The second-order valence-corrected chi connectivity index (χ2v) is 7.03. The van der Waals surface area contributed by atoms with E-state index in [0.717, 1.165) is 22.5 Å². The average molecular weight is 389 g/mol. The van der Waals surface area contributed by atoms with E-state index in [1.165, 1.54) is 7.11 Å². The van der Waals surface area contributed by atoms with E-state index in [9.17, 15) is 14.4 Å². The molecular formula is C20H23NO5S. The van der Waals surface area contributed by atoms with Gasteiger partial charge in [0.1, 0.15) is 9.88 Å². The lowest BCUT2D eigenvalue weighted by molar-refractivity contribution is -0.116. The fourth-order valence-corrected chi connectivity index (χ4v) is 3.67. The van der Waals surface area contributed by atoms with Crippen molar-refractivity contribution in [2.45, 2.75) is 33.6 Å². The maximum Gasteiger partial charge on any atom is 0.348 e. The Morgan fingerprint density at radius 3 is 2.33 bits per heavy atom. The van der Waals surface area contributed by atoms with Crippen LogP contribution in [0.2, 0.25) is 0 Å². The van der Waals surface area contributed by atoms with Gasteiger partial charge < -0.3 is 14.8 Å². The largest absolute Gasteiger partial charge is 0.465 e. The number of rotatable bonds is 7. The van der Waals surface area contributed by atoms with Crippen molar-refractivity contribution in [1.82, 2.24) is 0 Å². The first-order chi connectivity index (χ1) is 12.9. The molecule has 0 radical (unpaired) electrons. The number of nitrogens with one attached hydrogen (secondary N) is 1. The lowest BCUT2D eigenvalue weighted by Gasteiger charge is -2.07. The summed E-state index contributed by atoms with van der Waals surface area (Å²) < 4.78 is 9.81. The molecule has 0 saturated carbocycles. The van der Waals surface area contributed by atoms with Crippen molar-refractivity contribution in [2.24, 2.45) is 0 Å². The van der Waals surface area contributed by atoms with E-state index in [2.05, 4.69) is 5.32 Å². The summed E-state index contributed by atoms with van der Waals surface area (Å²) in [5.41, 5.74) is 2.86. The van der Waals surface area contributed by atoms with E-state index in [0.29, 0.717) is 17.0 Å². The molecule has 0 aliphatic heterocycles. The molecule has 27 heavy (non-hydrogen) atoms. The number of amides is 1. The third kappa shape index (κ3) is 5.17. The lowest BCUT2D eigenvalue weighted by atomic mass is 10.1. The summed E-state index contributed by atoms with van der Waals surface area (Å²) in [4.78, 5) is 36.9. The quantitative estimate of drug-likeness (QED) is 0.726. The third-order valence-electron chi connectivity index (χ3n) is 4.01. The van der Waals surface area contributed by atoms with Gasteiger partial charge in [0.05, 0.1) is 19.3 Å². The molecule has 1 aromatic heterocycles. The first-order valence-corrected chi connectivity index (χ1v) is 9.43. The van der Waals surface area contributed by atoms with E-state index < -0.39 is 11.9 Å². The van der Waals surface area contributed by atoms with Crippen LogP contribution in [0.4, 0.5) is 5.00 Å². The second-order valence-electron chi connectivity index (χ2n) is 6.01. The molecule has 0 bridgehead atoms. The number of methoxy groups -OCH3 is 1. The van der Waals surface area contributed by atoms with Crippen molar-refractivity contribution in [2.75, 3.05) is 19.0 Å². The number of esters is 2. The van der Waals surface area contributed by atoms with Gasteiger partial charge in [0.15, 0.2) is 0 Å². The summed E-state index contributed by atoms with van der Waals surface area (Å²) in [7, 11) is 1.27. The predicted molar refractivity (Wildman–Crippen MR) is 104 cm³/mol. The Kier molecular flexibility index (Phi) is 7.12. The number of hydrogen-bond acceptors (Lipinski definition) is 6. The molecule has 1 heterocycles. The lowest BCUT2D eigenvalue weighted by Crippen LogP contribution is -2.15. The number of ether oxygens (including phenoxy) is 2. The standard InChI is InChI=1S/C20H23NO5S/c1-5-26-19(23)16-13(3)17(20(24)25-4)27-18(16)21-15(22)11-10-14-8-6-12(2)7-9-14/h6-9H,5,10-11H2,1-4H3,(H,21,22). The molecule has 6 nitrogen and oxygen atoms in total. The zero-order chi connectivity index (χ0) is 20.0. The van der Waals surface area contributed by atoms with Crippen LogP contribution in [0, 0.1) is 13.8 Å². The molecular weight excluding hydrogens is 366 g/mol. The highest BCUT2D eigenvalue weighted by Gasteiger charge is 2.26. The van der Waals surface area contributed by atoms with Gasteiger partial charge >= 0.3 is 11.9 Å². The highest BCUT2D eigenvalue weighted by atomic mass is 32.1. The van der Waals surface area contributed by atoms with Gasteiger partial charge in [-0.15, -0.1) is 11.3 Å². The van der Waals surface area contributed by atoms with Crippen molar-refractivity contribution < 1.29 is 23.9 Å². The molecule has 1 N–H and O–H groups in total. The molecule has 0 atom stereocenters. The fraction of sp³-hybridized carbons (Fsp3) is 0.350. The van der Waals surface area contributed by atoms with Crippen LogP contribution < -0.4 is 5.32 Å². The predicted octanol–water partition coefficient (Wildman–Crippen LogP) is 3.90. The zero-order valence-corrected chi connectivity index (χ0v) is 16.7. The Bertz CT molecular complexity index is 839. The van der Waals surface area contributed by atoms with Crippen LogP contribution in [0.25, 0.3) is 0 Å². The molecule has 0 saturated heterocycles. The highest BCUT2D eigenvalue weighted by Crippen LogP contribution is 2.34. The Morgan fingerprint density at radius 2 is 1.74 bits per heavy atom. The molecule has 0 aliphatic rings. The summed E-state index contributed by atoms with van der Waals surface area (Å²) in [5, 5.41) is 3.05. The minimum absolute atomic E-state index is 0.197. The number of thiophene rings is 1. The molecule has 0 fully saturated rings. The van der Waals surface area contributed by atoms with Crippen LogP contribution in [-0.2, 0) is 20.7 Å². The monoisotopic (exact) mass is 389 g/mol. The van der Waals surface area contributed by atoms with Gasteiger partial charge in [0.2, 0.25) is 5.91 Å². The van der Waals surface area contributed by atoms with Crippen molar-refractivity contribution in [3.8, 4) is 0 Å². The van der Waals surface area contributed by atoms with Crippen molar-refractivity contribution in [1.29, 1.82) is 0 Å². The number of carbonyl (C=O) groups is 3. The number of aryl methyl sites for hydroxylation is 2. The Morgan fingerprint density at radius 1 is 1.07 bits per heavy atom. The van der Waals surface area contributed by atoms with E-state index in [-0.39, 0.29) is 29.4 Å². The van der Waals surface area contributed by atoms with Gasteiger partial charge in [-0.25, -0.2) is 9.59 Å². The van der Waals surface area contributed by atoms with E-state index in [1.54, 1.807) is 13.8 Å². The van der Waals surface area contributed by atoms with Gasteiger partial charge in [0.25, 0.3) is 0 Å². The minimum atomic E-state index is -0.574. The van der Waals surface area contributed by atoms with Crippen LogP contribution in [0.3, 0.4) is 0 Å². The van der Waals surface area contributed by atoms with E-state index in [1.807, 2.05) is 31.2 Å². The maximum absolute atomic E-state index is 12.4. The SMILES string of the molecule is CCOC(=O)c1c(NC(=O)CCc2ccc(C)cc2)sc(C(=O)OC)c1C. The van der Waals surface area contributed by atoms with Crippen molar-refractivity contribution >= 4 is 34.2 Å². The van der Waals surface area contributed by atoms with Gasteiger partial charge in [-0.2, -0.15) is 0 Å². The van der Waals surface area contributed by atoms with Gasteiger partial charge in [-0.05, 0) is 38.3 Å². The normalized spacial score (nSPS) is 10.4. The molecule has 144 valence electrons. The van der Waals surface area contributed by atoms with Crippen molar-refractivity contribution in [3.05, 3.63) is 51.4 Å². The third-order valence-corrected chi connectivity index (χ3v) is 5.20. The summed E-state index contributed by atoms with van der Waals surface area (Å²) in [6.07, 6.45) is 0.838. The Hall–Kier alpha value is -2.67. The molecule has 0 spiro atoms. The Balaban J connectivity index is 2.17. The fourth-order valence-electron chi connectivity index (χ4n) is 2.54. The summed E-state index contributed by atoms with van der Waals surface area (Å²) >= 11 is 1.02. The zero-order valence-electron chi connectivity index (χ0n) is 15.9. The van der Waals surface area contributed by atoms with Crippen LogP contribution in [0.5, 0.6) is 0 Å². The number of benzene rings is 1. The number of anilines is 1.